The van der Waals surface area contributed by atoms with Crippen LogP contribution in [0.15, 0.2) is 53.0 Å². The molecule has 1 aromatic carbocycles. The minimum absolute atomic E-state index is 0.255. The van der Waals surface area contributed by atoms with Gasteiger partial charge in [0, 0.05) is 18.0 Å². The van der Waals surface area contributed by atoms with Crippen LogP contribution < -0.4 is 10.9 Å². The number of carbonyl (C=O) groups is 1. The lowest BCUT2D eigenvalue weighted by Crippen LogP contribution is -2.33. The van der Waals surface area contributed by atoms with Gasteiger partial charge in [0.1, 0.15) is 28.3 Å². The van der Waals surface area contributed by atoms with E-state index in [2.05, 4.69) is 15.4 Å². The van der Waals surface area contributed by atoms with Crippen LogP contribution in [0.5, 0.6) is 0 Å². The second-order valence-corrected chi connectivity index (χ2v) is 7.57. The molecule has 1 atom stereocenters. The molecule has 0 spiro atoms. The minimum atomic E-state index is -0.778. The summed E-state index contributed by atoms with van der Waals surface area (Å²) >= 11 is 1.40. The van der Waals surface area contributed by atoms with Gasteiger partial charge in [-0.2, -0.15) is 10.4 Å². The van der Waals surface area contributed by atoms with Crippen LogP contribution in [0.25, 0.3) is 21.3 Å². The van der Waals surface area contributed by atoms with Crippen LogP contribution in [0.3, 0.4) is 0 Å². The van der Waals surface area contributed by atoms with E-state index in [4.69, 9.17) is 0 Å². The van der Waals surface area contributed by atoms with Crippen molar-refractivity contribution in [2.75, 3.05) is 5.32 Å². The Hall–Kier alpha value is -3.77. The standard InChI is InChI=1S/C21H18N6O2S/c1-3-16(19(28)25-18-14(9-22)10-24-26(18)2)27-12-23-20-17(21(27)29)15(11-30-20)13-7-5-4-6-8-13/h4-8,10-12,16H,3H2,1-2H3,(H,25,28). The molecule has 150 valence electrons. The first-order valence-electron chi connectivity index (χ1n) is 9.31. The van der Waals surface area contributed by atoms with E-state index in [1.165, 1.54) is 33.1 Å². The van der Waals surface area contributed by atoms with Crippen molar-refractivity contribution in [2.24, 2.45) is 7.05 Å². The Morgan fingerprint density at radius 2 is 2.10 bits per heavy atom. The highest BCUT2D eigenvalue weighted by Crippen LogP contribution is 2.30. The van der Waals surface area contributed by atoms with Gasteiger partial charge in [0.15, 0.2) is 0 Å². The molecular weight excluding hydrogens is 400 g/mol. The quantitative estimate of drug-likeness (QED) is 0.535. The van der Waals surface area contributed by atoms with Gasteiger partial charge in [-0.3, -0.25) is 18.8 Å². The van der Waals surface area contributed by atoms with Gasteiger partial charge in [-0.1, -0.05) is 37.3 Å². The summed E-state index contributed by atoms with van der Waals surface area (Å²) in [5.74, 6) is -0.110. The Balaban J connectivity index is 1.77. The average Bonchev–Trinajstić information content (AvgIpc) is 3.35. The molecule has 1 unspecified atom stereocenters. The fourth-order valence-corrected chi connectivity index (χ4v) is 4.28. The number of nitriles is 1. The van der Waals surface area contributed by atoms with Crippen molar-refractivity contribution in [3.05, 3.63) is 64.2 Å². The predicted octanol–water partition coefficient (Wildman–Crippen LogP) is 3.32. The third kappa shape index (κ3) is 3.27. The molecule has 4 aromatic rings. The number of rotatable bonds is 5. The van der Waals surface area contributed by atoms with Crippen molar-refractivity contribution in [3.8, 4) is 17.2 Å². The SMILES string of the molecule is CCC(C(=O)Nc1c(C#N)cnn1C)n1cnc2scc(-c3ccccc3)c2c1=O. The first-order valence-corrected chi connectivity index (χ1v) is 10.2. The number of carbonyl (C=O) groups excluding carboxylic acids is 1. The maximum absolute atomic E-state index is 13.4. The number of nitrogens with one attached hydrogen (secondary N) is 1. The third-order valence-corrected chi connectivity index (χ3v) is 5.82. The Kier molecular flexibility index (Phi) is 5.16. The summed E-state index contributed by atoms with van der Waals surface area (Å²) < 4.78 is 2.78. The Bertz CT molecular complexity index is 1330. The molecule has 0 aliphatic rings. The smallest absolute Gasteiger partial charge is 0.263 e. The summed E-state index contributed by atoms with van der Waals surface area (Å²) in [7, 11) is 1.63. The number of anilines is 1. The Labute approximate surface area is 176 Å². The molecule has 0 fully saturated rings. The lowest BCUT2D eigenvalue weighted by Gasteiger charge is -2.18. The lowest BCUT2D eigenvalue weighted by molar-refractivity contribution is -0.119. The van der Waals surface area contributed by atoms with E-state index >= 15 is 0 Å². The molecule has 1 amide bonds. The number of nitrogens with zero attached hydrogens (tertiary/aromatic N) is 5. The molecule has 1 N–H and O–H groups in total. The molecule has 0 radical (unpaired) electrons. The van der Waals surface area contributed by atoms with Gasteiger partial charge in [-0.05, 0) is 12.0 Å². The van der Waals surface area contributed by atoms with Crippen LogP contribution in [-0.4, -0.2) is 25.2 Å². The molecule has 30 heavy (non-hydrogen) atoms. The predicted molar refractivity (Wildman–Crippen MR) is 115 cm³/mol. The van der Waals surface area contributed by atoms with Gasteiger partial charge >= 0.3 is 0 Å². The molecular formula is C21H18N6O2S. The normalized spacial score (nSPS) is 11.9. The first kappa shape index (κ1) is 19.5. The molecule has 3 aromatic heterocycles. The van der Waals surface area contributed by atoms with Crippen LogP contribution in [0.2, 0.25) is 0 Å². The zero-order chi connectivity index (χ0) is 21.3. The molecule has 0 saturated heterocycles. The molecule has 9 heteroatoms. The van der Waals surface area contributed by atoms with Crippen LogP contribution in [0.1, 0.15) is 24.9 Å². The molecule has 0 saturated carbocycles. The van der Waals surface area contributed by atoms with Gasteiger partial charge in [-0.15, -0.1) is 11.3 Å². The average molecular weight is 418 g/mol. The molecule has 8 nitrogen and oxygen atoms in total. The topological polar surface area (TPSA) is 106 Å². The van der Waals surface area contributed by atoms with Gasteiger partial charge in [0.2, 0.25) is 5.91 Å². The second-order valence-electron chi connectivity index (χ2n) is 6.71. The van der Waals surface area contributed by atoms with Crippen LogP contribution in [0, 0.1) is 11.3 Å². The maximum Gasteiger partial charge on any atom is 0.263 e. The molecule has 0 aliphatic carbocycles. The minimum Gasteiger partial charge on any atom is -0.308 e. The largest absolute Gasteiger partial charge is 0.308 e. The van der Waals surface area contributed by atoms with E-state index < -0.39 is 11.9 Å². The van der Waals surface area contributed by atoms with E-state index in [0.29, 0.717) is 22.5 Å². The number of thiophene rings is 1. The van der Waals surface area contributed by atoms with E-state index in [1.54, 1.807) is 7.05 Å². The molecule has 0 aliphatic heterocycles. The number of hydrogen-bond donors (Lipinski definition) is 1. The number of hydrogen-bond acceptors (Lipinski definition) is 6. The van der Waals surface area contributed by atoms with Crippen molar-refractivity contribution >= 4 is 33.3 Å². The second kappa shape index (κ2) is 7.93. The van der Waals surface area contributed by atoms with E-state index in [-0.39, 0.29) is 11.1 Å². The van der Waals surface area contributed by atoms with Crippen molar-refractivity contribution in [1.82, 2.24) is 19.3 Å². The van der Waals surface area contributed by atoms with Crippen LogP contribution in [-0.2, 0) is 11.8 Å². The van der Waals surface area contributed by atoms with Crippen molar-refractivity contribution in [2.45, 2.75) is 19.4 Å². The number of fused-ring (bicyclic) bond motifs is 1. The molecule has 3 heterocycles. The fraction of sp³-hybridized carbons (Fsp3) is 0.190. The molecule has 0 bridgehead atoms. The highest BCUT2D eigenvalue weighted by atomic mass is 32.1. The number of aromatic nitrogens is 4. The summed E-state index contributed by atoms with van der Waals surface area (Å²) in [5, 5.41) is 18.3. The molecule has 4 rings (SSSR count). The highest BCUT2D eigenvalue weighted by Gasteiger charge is 2.24. The van der Waals surface area contributed by atoms with Gasteiger partial charge in [-0.25, -0.2) is 4.98 Å². The van der Waals surface area contributed by atoms with Gasteiger partial charge in [0.05, 0.1) is 17.9 Å². The van der Waals surface area contributed by atoms with Crippen molar-refractivity contribution in [3.63, 3.8) is 0 Å². The number of amides is 1. The monoisotopic (exact) mass is 418 g/mol. The fourth-order valence-electron chi connectivity index (χ4n) is 3.37. The van der Waals surface area contributed by atoms with E-state index in [0.717, 1.165) is 11.1 Å². The third-order valence-electron chi connectivity index (χ3n) is 4.93. The maximum atomic E-state index is 13.4. The summed E-state index contributed by atoms with van der Waals surface area (Å²) in [6.45, 7) is 1.82. The highest BCUT2D eigenvalue weighted by molar-refractivity contribution is 7.17. The number of aryl methyl sites for hydroxylation is 1. The van der Waals surface area contributed by atoms with E-state index in [9.17, 15) is 14.9 Å². The zero-order valence-corrected chi connectivity index (χ0v) is 17.2. The van der Waals surface area contributed by atoms with Gasteiger partial charge < -0.3 is 5.32 Å². The number of benzene rings is 1. The van der Waals surface area contributed by atoms with Crippen molar-refractivity contribution < 1.29 is 4.79 Å². The van der Waals surface area contributed by atoms with E-state index in [1.807, 2.05) is 48.7 Å². The first-order chi connectivity index (χ1) is 14.5. The van der Waals surface area contributed by atoms with Gasteiger partial charge in [0.25, 0.3) is 5.56 Å². The summed E-state index contributed by atoms with van der Waals surface area (Å²) in [5.41, 5.74) is 1.71. The Morgan fingerprint density at radius 1 is 1.33 bits per heavy atom. The van der Waals surface area contributed by atoms with Crippen molar-refractivity contribution in [1.29, 1.82) is 5.26 Å². The summed E-state index contributed by atoms with van der Waals surface area (Å²) in [6, 6.07) is 10.8. The lowest BCUT2D eigenvalue weighted by atomic mass is 10.1. The van der Waals surface area contributed by atoms with Crippen LogP contribution in [0.4, 0.5) is 5.82 Å². The summed E-state index contributed by atoms with van der Waals surface area (Å²) in [4.78, 5) is 31.4. The summed E-state index contributed by atoms with van der Waals surface area (Å²) in [6.07, 6.45) is 3.18. The Morgan fingerprint density at radius 3 is 2.80 bits per heavy atom. The zero-order valence-electron chi connectivity index (χ0n) is 16.4. The van der Waals surface area contributed by atoms with Crippen LogP contribution >= 0.6 is 11.3 Å².